The van der Waals surface area contributed by atoms with Gasteiger partial charge in [0.05, 0.1) is 10.5 Å². The van der Waals surface area contributed by atoms with Crippen LogP contribution in [0.5, 0.6) is 0 Å². The van der Waals surface area contributed by atoms with E-state index < -0.39 is 10.0 Å². The van der Waals surface area contributed by atoms with Gasteiger partial charge in [-0.2, -0.15) is 0 Å². The molecular weight excluding hydrogens is 358 g/mol. The Kier molecular flexibility index (Phi) is 4.71. The van der Waals surface area contributed by atoms with E-state index in [4.69, 9.17) is 0 Å². The number of amides is 1. The molecule has 1 amide bonds. The molecule has 1 aromatic carbocycles. The summed E-state index contributed by atoms with van der Waals surface area (Å²) in [5.74, 6) is -0.334. The van der Waals surface area contributed by atoms with Crippen molar-refractivity contribution in [3.8, 4) is 0 Å². The molecule has 0 unspecified atom stereocenters. The van der Waals surface area contributed by atoms with Crippen LogP contribution in [0.1, 0.15) is 10.4 Å². The fourth-order valence-corrected chi connectivity index (χ4v) is 2.75. The summed E-state index contributed by atoms with van der Waals surface area (Å²) in [6, 6.07) is 9.16. The molecule has 1 heterocycles. The molecule has 0 aliphatic heterocycles. The second kappa shape index (κ2) is 6.33. The van der Waals surface area contributed by atoms with Crippen molar-refractivity contribution in [1.29, 1.82) is 0 Å². The zero-order valence-electron chi connectivity index (χ0n) is 11.0. The first kappa shape index (κ1) is 15.6. The second-order valence-corrected chi connectivity index (χ2v) is 6.67. The third-order valence-corrected chi connectivity index (χ3v) is 4.76. The van der Waals surface area contributed by atoms with Crippen molar-refractivity contribution in [1.82, 2.24) is 9.71 Å². The van der Waals surface area contributed by atoms with Crippen LogP contribution in [0.3, 0.4) is 0 Å². The van der Waals surface area contributed by atoms with E-state index in [2.05, 4.69) is 31.0 Å². The van der Waals surface area contributed by atoms with Gasteiger partial charge in [-0.05, 0) is 59.4 Å². The third-order valence-electron chi connectivity index (χ3n) is 2.69. The van der Waals surface area contributed by atoms with Gasteiger partial charge in [0.1, 0.15) is 4.60 Å². The van der Waals surface area contributed by atoms with Crippen LogP contribution in [0.15, 0.2) is 52.1 Å². The number of nitrogens with zero attached hydrogens (tertiary/aromatic N) is 1. The van der Waals surface area contributed by atoms with E-state index in [0.717, 1.165) is 0 Å². The number of carbonyl (C=O) groups excluding carboxylic acids is 1. The van der Waals surface area contributed by atoms with Crippen LogP contribution < -0.4 is 10.0 Å². The van der Waals surface area contributed by atoms with Crippen molar-refractivity contribution in [3.63, 3.8) is 0 Å². The van der Waals surface area contributed by atoms with Crippen molar-refractivity contribution < 1.29 is 13.2 Å². The predicted octanol–water partition coefficient (Wildman–Crippen LogP) is 2.00. The van der Waals surface area contributed by atoms with Crippen LogP contribution in [0.2, 0.25) is 0 Å². The van der Waals surface area contributed by atoms with E-state index in [1.165, 1.54) is 31.3 Å². The summed E-state index contributed by atoms with van der Waals surface area (Å²) in [5, 5.41) is 2.67. The molecule has 2 rings (SSSR count). The summed E-state index contributed by atoms with van der Waals surface area (Å²) in [4.78, 5) is 16.2. The number of rotatable bonds is 4. The van der Waals surface area contributed by atoms with Crippen LogP contribution in [0.25, 0.3) is 0 Å². The molecule has 6 nitrogen and oxygen atoms in total. The highest BCUT2D eigenvalue weighted by atomic mass is 79.9. The minimum Gasteiger partial charge on any atom is -0.322 e. The average molecular weight is 370 g/mol. The Morgan fingerprint density at radius 1 is 1.19 bits per heavy atom. The lowest BCUT2D eigenvalue weighted by atomic mass is 10.2. The fourth-order valence-electron chi connectivity index (χ4n) is 1.59. The predicted molar refractivity (Wildman–Crippen MR) is 82.6 cm³/mol. The van der Waals surface area contributed by atoms with Gasteiger partial charge >= 0.3 is 0 Å². The first-order valence-corrected chi connectivity index (χ1v) is 8.17. The molecule has 0 fully saturated rings. The number of sulfonamides is 1. The molecule has 110 valence electrons. The number of pyridine rings is 1. The molecule has 21 heavy (non-hydrogen) atoms. The largest absolute Gasteiger partial charge is 0.322 e. The van der Waals surface area contributed by atoms with Crippen molar-refractivity contribution in [2.75, 3.05) is 12.4 Å². The summed E-state index contributed by atoms with van der Waals surface area (Å²) in [7, 11) is -2.14. The van der Waals surface area contributed by atoms with Crippen LogP contribution in [-0.4, -0.2) is 26.4 Å². The molecule has 0 bridgehead atoms. The zero-order chi connectivity index (χ0) is 15.5. The maximum Gasteiger partial charge on any atom is 0.258 e. The normalized spacial score (nSPS) is 11.1. The van der Waals surface area contributed by atoms with E-state index in [-0.39, 0.29) is 10.8 Å². The first-order chi connectivity index (χ1) is 9.94. The lowest BCUT2D eigenvalue weighted by Gasteiger charge is -2.07. The van der Waals surface area contributed by atoms with E-state index in [9.17, 15) is 13.2 Å². The molecule has 0 saturated carbocycles. The Morgan fingerprint density at radius 2 is 1.86 bits per heavy atom. The van der Waals surface area contributed by atoms with Crippen LogP contribution in [0.4, 0.5) is 5.69 Å². The van der Waals surface area contributed by atoms with Crippen molar-refractivity contribution in [2.45, 2.75) is 4.90 Å². The maximum atomic E-state index is 12.1. The number of halogens is 1. The minimum absolute atomic E-state index is 0.130. The topological polar surface area (TPSA) is 88.2 Å². The molecule has 2 aromatic rings. The highest BCUT2D eigenvalue weighted by molar-refractivity contribution is 9.10. The van der Waals surface area contributed by atoms with Crippen LogP contribution in [0, 0.1) is 0 Å². The third kappa shape index (κ3) is 3.66. The maximum absolute atomic E-state index is 12.1. The molecule has 1 aromatic heterocycles. The number of anilines is 1. The van der Waals surface area contributed by atoms with Crippen molar-refractivity contribution in [2.24, 2.45) is 0 Å². The van der Waals surface area contributed by atoms with Gasteiger partial charge in [0.15, 0.2) is 0 Å². The lowest BCUT2D eigenvalue weighted by Crippen LogP contribution is -2.18. The second-order valence-electron chi connectivity index (χ2n) is 4.03. The highest BCUT2D eigenvalue weighted by Crippen LogP contribution is 2.17. The van der Waals surface area contributed by atoms with Gasteiger partial charge < -0.3 is 5.32 Å². The summed E-state index contributed by atoms with van der Waals surface area (Å²) in [6.45, 7) is 0. The Labute approximate surface area is 130 Å². The zero-order valence-corrected chi connectivity index (χ0v) is 13.4. The molecular formula is C13H12BrN3O3S. The fraction of sp³-hybridized carbons (Fsp3) is 0.0769. The average Bonchev–Trinajstić information content (AvgIpc) is 2.48. The van der Waals surface area contributed by atoms with Gasteiger partial charge in [0.2, 0.25) is 10.0 Å². The van der Waals surface area contributed by atoms with Crippen molar-refractivity contribution >= 4 is 37.5 Å². The Hall–Kier alpha value is -1.77. The van der Waals surface area contributed by atoms with E-state index in [1.54, 1.807) is 18.3 Å². The smallest absolute Gasteiger partial charge is 0.258 e. The molecule has 8 heteroatoms. The van der Waals surface area contributed by atoms with Gasteiger partial charge in [-0.1, -0.05) is 0 Å². The number of benzene rings is 1. The standard InChI is InChI=1S/C13H12BrN3O3S/c1-15-21(19,20)10-6-4-9(5-7-10)17-13(18)11-3-2-8-16-12(11)14/h2-8,15H,1H3,(H,17,18). The van der Waals surface area contributed by atoms with Gasteiger partial charge in [0, 0.05) is 11.9 Å². The summed E-state index contributed by atoms with van der Waals surface area (Å²) in [6.07, 6.45) is 1.57. The number of carbonyl (C=O) groups is 1. The number of hydrogen-bond acceptors (Lipinski definition) is 4. The number of nitrogens with one attached hydrogen (secondary N) is 2. The molecule has 0 aliphatic carbocycles. The van der Waals surface area contributed by atoms with Crippen LogP contribution >= 0.6 is 15.9 Å². The highest BCUT2D eigenvalue weighted by Gasteiger charge is 2.13. The summed E-state index contributed by atoms with van der Waals surface area (Å²) >= 11 is 3.20. The Morgan fingerprint density at radius 3 is 2.43 bits per heavy atom. The minimum atomic E-state index is -3.48. The van der Waals surface area contributed by atoms with Gasteiger partial charge in [-0.25, -0.2) is 18.1 Å². The SMILES string of the molecule is CNS(=O)(=O)c1ccc(NC(=O)c2cccnc2Br)cc1. The van der Waals surface area contributed by atoms with E-state index in [1.807, 2.05) is 0 Å². The van der Waals surface area contributed by atoms with Crippen LogP contribution in [-0.2, 0) is 10.0 Å². The lowest BCUT2D eigenvalue weighted by molar-refractivity contribution is 0.102. The molecule has 2 N–H and O–H groups in total. The molecule has 0 atom stereocenters. The monoisotopic (exact) mass is 369 g/mol. The summed E-state index contributed by atoms with van der Waals surface area (Å²) < 4.78 is 25.8. The quantitative estimate of drug-likeness (QED) is 0.806. The van der Waals surface area contributed by atoms with Gasteiger partial charge in [0.25, 0.3) is 5.91 Å². The van der Waals surface area contributed by atoms with Gasteiger partial charge in [-0.3, -0.25) is 4.79 Å². The number of aromatic nitrogens is 1. The first-order valence-electron chi connectivity index (χ1n) is 5.89. The summed E-state index contributed by atoms with van der Waals surface area (Å²) in [5.41, 5.74) is 0.884. The van der Waals surface area contributed by atoms with Crippen molar-refractivity contribution in [3.05, 3.63) is 52.8 Å². The Balaban J connectivity index is 2.18. The Bertz CT molecular complexity index is 760. The van der Waals surface area contributed by atoms with E-state index >= 15 is 0 Å². The van der Waals surface area contributed by atoms with Gasteiger partial charge in [-0.15, -0.1) is 0 Å². The van der Waals surface area contributed by atoms with E-state index in [0.29, 0.717) is 15.9 Å². The number of hydrogen-bond donors (Lipinski definition) is 2. The molecule has 0 aliphatic rings. The molecule has 0 radical (unpaired) electrons. The molecule has 0 spiro atoms. The molecule has 0 saturated heterocycles.